The van der Waals surface area contributed by atoms with E-state index in [0.29, 0.717) is 30.5 Å². The summed E-state index contributed by atoms with van der Waals surface area (Å²) in [6.07, 6.45) is -3.97. The molecule has 0 aliphatic heterocycles. The predicted octanol–water partition coefficient (Wildman–Crippen LogP) is 3.72. The lowest BCUT2D eigenvalue weighted by molar-refractivity contribution is -0.140. The number of aryl methyl sites for hydroxylation is 1. The smallest absolute Gasteiger partial charge is 0.356 e. The van der Waals surface area contributed by atoms with Gasteiger partial charge in [0.15, 0.2) is 11.7 Å². The van der Waals surface area contributed by atoms with Gasteiger partial charge in [0.05, 0.1) is 5.01 Å². The number of thiazole rings is 1. The molecule has 0 bridgehead atoms. The Bertz CT molecular complexity index is 725. The molecule has 0 amide bonds. The van der Waals surface area contributed by atoms with E-state index in [0.717, 1.165) is 16.7 Å². The van der Waals surface area contributed by atoms with E-state index in [-0.39, 0.29) is 0 Å². The summed E-state index contributed by atoms with van der Waals surface area (Å²) in [7, 11) is 3.61. The fourth-order valence-corrected chi connectivity index (χ4v) is 3.14. The first-order valence-electron chi connectivity index (χ1n) is 7.79. The highest BCUT2D eigenvalue weighted by atomic mass is 32.1. The maximum atomic E-state index is 12.6. The van der Waals surface area contributed by atoms with E-state index in [1.165, 1.54) is 11.1 Å². The van der Waals surface area contributed by atoms with Crippen LogP contribution >= 0.6 is 11.3 Å². The van der Waals surface area contributed by atoms with Crippen molar-refractivity contribution >= 4 is 17.3 Å². The minimum absolute atomic E-state index is 0.415. The van der Waals surface area contributed by atoms with Gasteiger partial charge in [-0.3, -0.25) is 4.99 Å². The molecule has 0 unspecified atom stereocenters. The molecular formula is C17H21F3N4S. The summed E-state index contributed by atoms with van der Waals surface area (Å²) in [5, 5.41) is 4.67. The molecule has 0 aliphatic rings. The van der Waals surface area contributed by atoms with Crippen LogP contribution in [0, 0.1) is 6.92 Å². The predicted molar refractivity (Wildman–Crippen MR) is 94.8 cm³/mol. The molecule has 0 atom stereocenters. The summed E-state index contributed by atoms with van der Waals surface area (Å²) >= 11 is 1.02. The van der Waals surface area contributed by atoms with Crippen LogP contribution in [0.5, 0.6) is 0 Å². The van der Waals surface area contributed by atoms with E-state index in [9.17, 15) is 13.2 Å². The van der Waals surface area contributed by atoms with Crippen molar-refractivity contribution in [2.75, 3.05) is 20.6 Å². The molecular weight excluding hydrogens is 349 g/mol. The number of alkyl halides is 3. The van der Waals surface area contributed by atoms with Crippen LogP contribution in [0.4, 0.5) is 13.2 Å². The van der Waals surface area contributed by atoms with Gasteiger partial charge >= 0.3 is 6.18 Å². The van der Waals surface area contributed by atoms with Crippen molar-refractivity contribution in [2.45, 2.75) is 26.1 Å². The quantitative estimate of drug-likeness (QED) is 0.644. The van der Waals surface area contributed by atoms with Crippen LogP contribution in [0.3, 0.4) is 0 Å². The second-order valence-electron chi connectivity index (χ2n) is 5.63. The van der Waals surface area contributed by atoms with E-state index < -0.39 is 11.9 Å². The number of aromatic nitrogens is 1. The minimum Gasteiger partial charge on any atom is -0.356 e. The number of halogens is 3. The van der Waals surface area contributed by atoms with Gasteiger partial charge in [0, 0.05) is 39.0 Å². The van der Waals surface area contributed by atoms with Crippen LogP contribution in [-0.2, 0) is 19.1 Å². The Balaban J connectivity index is 1.88. The van der Waals surface area contributed by atoms with Crippen LogP contribution in [-0.4, -0.2) is 36.5 Å². The fraction of sp³-hybridized carbons (Fsp3) is 0.412. The molecule has 136 valence electrons. The second kappa shape index (κ2) is 8.33. The highest BCUT2D eigenvalue weighted by Crippen LogP contribution is 2.30. The molecule has 4 nitrogen and oxygen atoms in total. The molecule has 1 heterocycles. The lowest BCUT2D eigenvalue weighted by Gasteiger charge is -2.22. The van der Waals surface area contributed by atoms with Crippen molar-refractivity contribution in [1.29, 1.82) is 0 Å². The average molecular weight is 370 g/mol. The van der Waals surface area contributed by atoms with Crippen LogP contribution in [0.1, 0.15) is 21.8 Å². The Labute approximate surface area is 149 Å². The van der Waals surface area contributed by atoms with Gasteiger partial charge in [0.2, 0.25) is 0 Å². The summed E-state index contributed by atoms with van der Waals surface area (Å²) in [5.74, 6) is 0.691. The number of nitrogens with one attached hydrogen (secondary N) is 1. The lowest BCUT2D eigenvalue weighted by Crippen LogP contribution is -2.39. The van der Waals surface area contributed by atoms with Gasteiger partial charge in [-0.15, -0.1) is 11.3 Å². The highest BCUT2D eigenvalue weighted by molar-refractivity contribution is 7.09. The Hall–Kier alpha value is -2.09. The summed E-state index contributed by atoms with van der Waals surface area (Å²) < 4.78 is 37.7. The van der Waals surface area contributed by atoms with Gasteiger partial charge < -0.3 is 10.2 Å². The van der Waals surface area contributed by atoms with Crippen molar-refractivity contribution in [3.63, 3.8) is 0 Å². The maximum absolute atomic E-state index is 12.6. The van der Waals surface area contributed by atoms with Crippen LogP contribution < -0.4 is 5.32 Å². The number of guanidine groups is 1. The largest absolute Gasteiger partial charge is 0.434 e. The molecule has 8 heteroatoms. The zero-order valence-electron chi connectivity index (χ0n) is 14.4. The Morgan fingerprint density at radius 1 is 1.32 bits per heavy atom. The highest BCUT2D eigenvalue weighted by Gasteiger charge is 2.33. The molecule has 1 N–H and O–H groups in total. The van der Waals surface area contributed by atoms with E-state index >= 15 is 0 Å². The molecule has 0 saturated carbocycles. The SMILES string of the molecule is CN=C(NCCc1nc(C(F)(F)F)cs1)N(C)Cc1ccccc1C. The average Bonchev–Trinajstić information content (AvgIpc) is 3.03. The van der Waals surface area contributed by atoms with Crippen molar-refractivity contribution in [3.8, 4) is 0 Å². The molecule has 25 heavy (non-hydrogen) atoms. The number of hydrogen-bond acceptors (Lipinski definition) is 3. The van der Waals surface area contributed by atoms with Crippen molar-refractivity contribution < 1.29 is 13.2 Å². The maximum Gasteiger partial charge on any atom is 0.434 e. The first kappa shape index (κ1) is 19.2. The Kier molecular flexibility index (Phi) is 6.41. The minimum atomic E-state index is -4.38. The molecule has 1 aromatic heterocycles. The van der Waals surface area contributed by atoms with Crippen molar-refractivity contribution in [3.05, 3.63) is 51.5 Å². The number of hydrogen-bond donors (Lipinski definition) is 1. The van der Waals surface area contributed by atoms with Gasteiger partial charge in [-0.2, -0.15) is 13.2 Å². The zero-order valence-corrected chi connectivity index (χ0v) is 15.2. The third-order valence-electron chi connectivity index (χ3n) is 3.71. The van der Waals surface area contributed by atoms with E-state index in [2.05, 4.69) is 34.3 Å². The van der Waals surface area contributed by atoms with Gasteiger partial charge in [0.1, 0.15) is 0 Å². The van der Waals surface area contributed by atoms with E-state index in [4.69, 9.17) is 0 Å². The van der Waals surface area contributed by atoms with Gasteiger partial charge in [0.25, 0.3) is 0 Å². The fourth-order valence-electron chi connectivity index (χ4n) is 2.34. The van der Waals surface area contributed by atoms with E-state index in [1.54, 1.807) is 7.05 Å². The number of nitrogens with zero attached hydrogens (tertiary/aromatic N) is 3. The van der Waals surface area contributed by atoms with Crippen molar-refractivity contribution in [1.82, 2.24) is 15.2 Å². The molecule has 2 rings (SSSR count). The molecule has 0 spiro atoms. The Morgan fingerprint density at radius 2 is 2.04 bits per heavy atom. The molecule has 0 fully saturated rings. The topological polar surface area (TPSA) is 40.5 Å². The first-order valence-corrected chi connectivity index (χ1v) is 8.67. The number of rotatable bonds is 5. The third-order valence-corrected chi connectivity index (χ3v) is 4.61. The van der Waals surface area contributed by atoms with Gasteiger partial charge in [-0.1, -0.05) is 24.3 Å². The molecule has 0 saturated heterocycles. The molecule has 2 aromatic rings. The van der Waals surface area contributed by atoms with Crippen LogP contribution in [0.25, 0.3) is 0 Å². The van der Waals surface area contributed by atoms with Gasteiger partial charge in [-0.05, 0) is 18.1 Å². The normalized spacial score (nSPS) is 12.3. The summed E-state index contributed by atoms with van der Waals surface area (Å²) in [6.45, 7) is 3.22. The second-order valence-corrected chi connectivity index (χ2v) is 6.57. The molecule has 1 aromatic carbocycles. The van der Waals surface area contributed by atoms with E-state index in [1.807, 2.05) is 24.1 Å². The number of benzene rings is 1. The summed E-state index contributed by atoms with van der Waals surface area (Å²) in [6, 6.07) is 8.11. The lowest BCUT2D eigenvalue weighted by atomic mass is 10.1. The summed E-state index contributed by atoms with van der Waals surface area (Å²) in [4.78, 5) is 9.83. The van der Waals surface area contributed by atoms with Crippen molar-refractivity contribution in [2.24, 2.45) is 4.99 Å². The first-order chi connectivity index (χ1) is 11.8. The Morgan fingerprint density at radius 3 is 2.64 bits per heavy atom. The summed E-state index contributed by atoms with van der Waals surface area (Å²) in [5.41, 5.74) is 1.57. The zero-order chi connectivity index (χ0) is 18.4. The molecule has 0 aliphatic carbocycles. The van der Waals surface area contributed by atoms with Gasteiger partial charge in [-0.25, -0.2) is 4.98 Å². The standard InChI is InChI=1S/C17H21F3N4S/c1-12-6-4-5-7-13(12)10-24(3)16(21-2)22-9-8-15-23-14(11-25-15)17(18,19)20/h4-7,11H,8-10H2,1-3H3,(H,21,22). The van der Waals surface area contributed by atoms with Crippen LogP contribution in [0.15, 0.2) is 34.6 Å². The monoisotopic (exact) mass is 370 g/mol. The third kappa shape index (κ3) is 5.45. The number of aliphatic imine (C=N–C) groups is 1. The van der Waals surface area contributed by atoms with Crippen LogP contribution in [0.2, 0.25) is 0 Å². The molecule has 0 radical (unpaired) electrons.